The number of nitrogens with one attached hydrogen (secondary N) is 1. The molecule has 2 aromatic carbocycles. The van der Waals surface area contributed by atoms with Gasteiger partial charge in [-0.1, -0.05) is 18.2 Å². The first-order valence-corrected chi connectivity index (χ1v) is 15.4. The largest absolute Gasteiger partial charge is 0.491 e. The molecule has 0 unspecified atom stereocenters. The van der Waals surface area contributed by atoms with E-state index in [1.807, 2.05) is 12.1 Å². The van der Waals surface area contributed by atoms with E-state index in [2.05, 4.69) is 20.3 Å². The highest BCUT2D eigenvalue weighted by atomic mass is 19.4. The molecule has 252 valence electrons. The zero-order valence-corrected chi connectivity index (χ0v) is 26.3. The van der Waals surface area contributed by atoms with Crippen molar-refractivity contribution in [3.05, 3.63) is 83.4 Å². The van der Waals surface area contributed by atoms with Gasteiger partial charge in [-0.05, 0) is 50.9 Å². The molecular weight excluding hydrogens is 635 g/mol. The number of nitrogens with zero attached hydrogens (tertiary/aromatic N) is 7. The number of ether oxygens (including phenoxy) is 2. The molecular formula is C33H33F5N8O2. The molecule has 0 amide bonds. The average Bonchev–Trinajstić information content (AvgIpc) is 3.41. The maximum absolute atomic E-state index is 15.2. The molecule has 0 radical (unpaired) electrons. The molecule has 1 N–H and O–H groups in total. The molecule has 0 saturated carbocycles. The lowest BCUT2D eigenvalue weighted by atomic mass is 9.90. The Morgan fingerprint density at radius 1 is 0.979 bits per heavy atom. The number of rotatable bonds is 11. The first-order chi connectivity index (χ1) is 23.1. The molecule has 3 aromatic heterocycles. The summed E-state index contributed by atoms with van der Waals surface area (Å²) >= 11 is 0. The van der Waals surface area contributed by atoms with Crippen LogP contribution in [0.4, 0.5) is 33.6 Å². The minimum atomic E-state index is -4.26. The number of benzene rings is 2. The van der Waals surface area contributed by atoms with Gasteiger partial charge in [-0.25, -0.2) is 28.7 Å². The number of fused-ring (bicyclic) bond motifs is 1. The van der Waals surface area contributed by atoms with Crippen LogP contribution in [0, 0.1) is 18.6 Å². The Morgan fingerprint density at radius 2 is 1.73 bits per heavy atom. The molecule has 0 spiro atoms. The Morgan fingerprint density at radius 3 is 2.44 bits per heavy atom. The number of hydrogen-bond donors (Lipinski definition) is 1. The van der Waals surface area contributed by atoms with Gasteiger partial charge >= 0.3 is 6.18 Å². The Kier molecular flexibility index (Phi) is 9.78. The number of halogens is 5. The highest BCUT2D eigenvalue weighted by Gasteiger charge is 2.33. The summed E-state index contributed by atoms with van der Waals surface area (Å²) in [4.78, 5) is 19.5. The van der Waals surface area contributed by atoms with E-state index >= 15 is 8.78 Å². The summed E-state index contributed by atoms with van der Waals surface area (Å²) in [6.45, 7) is 1.56. The summed E-state index contributed by atoms with van der Waals surface area (Å²) in [5.41, 5.74) is 1.54. The number of likely N-dealkylation sites (tertiary alicyclic amines) is 1. The van der Waals surface area contributed by atoms with E-state index in [4.69, 9.17) is 19.6 Å². The number of para-hydroxylation sites is 1. The summed E-state index contributed by atoms with van der Waals surface area (Å²) in [7, 11) is 1.50. The molecule has 1 aliphatic rings. The van der Waals surface area contributed by atoms with Gasteiger partial charge in [-0.3, -0.25) is 9.58 Å². The third kappa shape index (κ3) is 7.68. The second kappa shape index (κ2) is 14.2. The number of hydrogen-bond acceptors (Lipinski definition) is 9. The third-order valence-electron chi connectivity index (χ3n) is 8.12. The van der Waals surface area contributed by atoms with Crippen LogP contribution in [0.25, 0.3) is 22.4 Å². The van der Waals surface area contributed by atoms with Gasteiger partial charge in [0.1, 0.15) is 47.1 Å². The fraction of sp³-hybridized carbons (Fsp3) is 0.364. The van der Waals surface area contributed by atoms with Gasteiger partial charge in [0.15, 0.2) is 5.82 Å². The van der Waals surface area contributed by atoms with Crippen molar-refractivity contribution in [2.45, 2.75) is 38.4 Å². The lowest BCUT2D eigenvalue weighted by Gasteiger charge is -2.33. The fourth-order valence-corrected chi connectivity index (χ4v) is 5.83. The minimum Gasteiger partial charge on any atom is -0.491 e. The molecule has 1 saturated heterocycles. The van der Waals surface area contributed by atoms with Crippen molar-refractivity contribution in [3.63, 3.8) is 0 Å². The normalized spacial score (nSPS) is 14.5. The number of piperidine rings is 1. The van der Waals surface area contributed by atoms with Gasteiger partial charge in [-0.15, -0.1) is 0 Å². The van der Waals surface area contributed by atoms with Crippen molar-refractivity contribution in [1.82, 2.24) is 34.6 Å². The highest BCUT2D eigenvalue weighted by molar-refractivity contribution is 5.92. The van der Waals surface area contributed by atoms with Crippen molar-refractivity contribution >= 4 is 22.5 Å². The smallest absolute Gasteiger partial charge is 0.401 e. The molecule has 0 aliphatic carbocycles. The van der Waals surface area contributed by atoms with Gasteiger partial charge in [0, 0.05) is 48.1 Å². The van der Waals surface area contributed by atoms with E-state index in [9.17, 15) is 13.2 Å². The molecule has 0 bridgehead atoms. The van der Waals surface area contributed by atoms with E-state index in [0.717, 1.165) is 17.7 Å². The maximum Gasteiger partial charge on any atom is 0.401 e. The van der Waals surface area contributed by atoms with Gasteiger partial charge in [0.25, 0.3) is 0 Å². The second-order valence-electron chi connectivity index (χ2n) is 11.5. The zero-order valence-electron chi connectivity index (χ0n) is 26.3. The molecule has 1 aliphatic heterocycles. The number of anilines is 2. The van der Waals surface area contributed by atoms with Gasteiger partial charge in [0.2, 0.25) is 0 Å². The summed E-state index contributed by atoms with van der Waals surface area (Å²) in [6, 6.07) is 11.2. The van der Waals surface area contributed by atoms with Crippen LogP contribution in [0.2, 0.25) is 0 Å². The van der Waals surface area contributed by atoms with Crippen molar-refractivity contribution < 1.29 is 31.4 Å². The highest BCUT2D eigenvalue weighted by Crippen LogP contribution is 2.36. The van der Waals surface area contributed by atoms with Crippen molar-refractivity contribution in [3.8, 4) is 17.3 Å². The SMILES string of the molecule is COCCOc1cc(F)c(Cn2nc(-c3ncc(C4CCN(CC(F)(F)F)CC4)c(Nc4ccnc(C)n4)n3)c3ccccc32)c(F)c1. The van der Waals surface area contributed by atoms with Crippen molar-refractivity contribution in [1.29, 1.82) is 0 Å². The fourth-order valence-electron chi connectivity index (χ4n) is 5.83. The molecule has 10 nitrogen and oxygen atoms in total. The van der Waals surface area contributed by atoms with Crippen molar-refractivity contribution in [2.24, 2.45) is 0 Å². The number of aromatic nitrogens is 6. The van der Waals surface area contributed by atoms with Gasteiger partial charge < -0.3 is 14.8 Å². The predicted octanol–water partition coefficient (Wildman–Crippen LogP) is 6.43. The lowest BCUT2D eigenvalue weighted by molar-refractivity contribution is -0.147. The van der Waals surface area contributed by atoms with Crippen LogP contribution in [-0.2, 0) is 11.3 Å². The van der Waals surface area contributed by atoms with Crippen LogP contribution < -0.4 is 10.1 Å². The first kappa shape index (κ1) is 33.2. The predicted molar refractivity (Wildman–Crippen MR) is 168 cm³/mol. The lowest BCUT2D eigenvalue weighted by Crippen LogP contribution is -2.39. The van der Waals surface area contributed by atoms with E-state index in [-0.39, 0.29) is 55.9 Å². The van der Waals surface area contributed by atoms with Crippen LogP contribution >= 0.6 is 0 Å². The van der Waals surface area contributed by atoms with E-state index in [1.54, 1.807) is 37.5 Å². The molecule has 15 heteroatoms. The Balaban J connectivity index is 1.34. The first-order valence-electron chi connectivity index (χ1n) is 15.4. The van der Waals surface area contributed by atoms with Crippen molar-refractivity contribution in [2.75, 3.05) is 45.3 Å². The minimum absolute atomic E-state index is 0.0511. The molecule has 5 aromatic rings. The molecule has 4 heterocycles. The standard InChI is InChI=1S/C33H33F5N8O2/c1-20-39-10-7-29(41-20)42-31-24(21-8-11-45(12-9-21)19-33(36,37)38)17-40-32(43-31)30-23-5-3-4-6-28(23)46(44-30)18-25-26(34)15-22(16-27(25)35)48-14-13-47-2/h3-7,10,15-17,21H,8-9,11-14,18-19H2,1-2H3,(H,39,40,41,42,43). The number of aryl methyl sites for hydroxylation is 1. The third-order valence-corrected chi connectivity index (χ3v) is 8.12. The Bertz CT molecular complexity index is 1870. The van der Waals surface area contributed by atoms with Crippen LogP contribution in [0.15, 0.2) is 54.9 Å². The van der Waals surface area contributed by atoms with Crippen LogP contribution in [0.3, 0.4) is 0 Å². The molecule has 0 atom stereocenters. The summed E-state index contributed by atoms with van der Waals surface area (Å²) in [5, 5.41) is 8.63. The van der Waals surface area contributed by atoms with E-state index in [0.29, 0.717) is 46.9 Å². The van der Waals surface area contributed by atoms with E-state index in [1.165, 1.54) is 16.7 Å². The van der Waals surface area contributed by atoms with Crippen LogP contribution in [0.5, 0.6) is 5.75 Å². The summed E-state index contributed by atoms with van der Waals surface area (Å²) < 4.78 is 81.1. The number of methoxy groups -OCH3 is 1. The monoisotopic (exact) mass is 668 g/mol. The zero-order chi connectivity index (χ0) is 33.8. The second-order valence-corrected chi connectivity index (χ2v) is 11.5. The van der Waals surface area contributed by atoms with Gasteiger partial charge in [0.05, 0.1) is 25.2 Å². The topological polar surface area (TPSA) is 103 Å². The van der Waals surface area contributed by atoms with Crippen LogP contribution in [-0.4, -0.2) is 80.8 Å². The Hall–Kier alpha value is -4.76. The quantitative estimate of drug-likeness (QED) is 0.126. The van der Waals surface area contributed by atoms with Crippen LogP contribution in [0.1, 0.15) is 35.7 Å². The molecule has 6 rings (SSSR count). The molecule has 1 fully saturated rings. The Labute approximate surface area is 273 Å². The number of alkyl halides is 3. The summed E-state index contributed by atoms with van der Waals surface area (Å²) in [6.07, 6.45) is -0.0186. The summed E-state index contributed by atoms with van der Waals surface area (Å²) in [5.74, 6) is 0.0976. The average molecular weight is 669 g/mol. The van der Waals surface area contributed by atoms with Gasteiger partial charge in [-0.2, -0.15) is 18.3 Å². The molecule has 48 heavy (non-hydrogen) atoms. The maximum atomic E-state index is 15.2. The van der Waals surface area contributed by atoms with E-state index < -0.39 is 24.4 Å².